The van der Waals surface area contributed by atoms with Crippen LogP contribution < -0.4 is 0 Å². The van der Waals surface area contributed by atoms with E-state index in [1.807, 2.05) is 0 Å². The number of hydrogen-bond donors (Lipinski definition) is 0. The van der Waals surface area contributed by atoms with Crippen molar-refractivity contribution in [2.45, 2.75) is 38.7 Å². The summed E-state index contributed by atoms with van der Waals surface area (Å²) in [6, 6.07) is 0. The van der Waals surface area contributed by atoms with E-state index in [0.717, 1.165) is 32.3 Å². The summed E-state index contributed by atoms with van der Waals surface area (Å²) in [5, 5.41) is 0. The van der Waals surface area contributed by atoms with Crippen molar-refractivity contribution in [3.8, 4) is 0 Å². The number of carbonyl (C=O) groups excluding carboxylic acids is 1. The molecule has 0 amide bonds. The van der Waals surface area contributed by atoms with Gasteiger partial charge in [-0.25, -0.2) is 0 Å². The molecule has 1 rings (SSSR count). The van der Waals surface area contributed by atoms with E-state index in [4.69, 9.17) is 9.47 Å². The van der Waals surface area contributed by atoms with Crippen LogP contribution in [0.2, 0.25) is 0 Å². The summed E-state index contributed by atoms with van der Waals surface area (Å²) < 4.78 is 10.5. The lowest BCUT2D eigenvalue weighted by atomic mass is 9.92. The van der Waals surface area contributed by atoms with Crippen LogP contribution in [-0.4, -0.2) is 32.2 Å². The van der Waals surface area contributed by atoms with Crippen LogP contribution >= 0.6 is 0 Å². The normalized spacial score (nSPS) is 24.6. The van der Waals surface area contributed by atoms with Crippen molar-refractivity contribution in [1.82, 2.24) is 0 Å². The monoisotopic (exact) mass is 200 g/mol. The number of Topliss-reactive ketones (excluding diaryl/α,β-unsaturated/α-hetero) is 1. The zero-order valence-corrected chi connectivity index (χ0v) is 9.12. The first-order valence-electron chi connectivity index (χ1n) is 5.43. The van der Waals surface area contributed by atoms with Crippen LogP contribution in [0.4, 0.5) is 0 Å². The van der Waals surface area contributed by atoms with Gasteiger partial charge in [0, 0.05) is 19.6 Å². The fourth-order valence-corrected chi connectivity index (χ4v) is 1.87. The Morgan fingerprint density at radius 2 is 2.43 bits per heavy atom. The lowest BCUT2D eigenvalue weighted by Crippen LogP contribution is -2.34. The highest BCUT2D eigenvalue weighted by atomic mass is 16.5. The van der Waals surface area contributed by atoms with Crippen molar-refractivity contribution in [2.24, 2.45) is 5.92 Å². The Morgan fingerprint density at radius 3 is 2.93 bits per heavy atom. The summed E-state index contributed by atoms with van der Waals surface area (Å²) in [6.07, 6.45) is 3.55. The number of hydrogen-bond acceptors (Lipinski definition) is 3. The Balaban J connectivity index is 2.43. The molecular formula is C11H20O3. The highest BCUT2D eigenvalue weighted by molar-refractivity contribution is 5.85. The minimum Gasteiger partial charge on any atom is -0.381 e. The highest BCUT2D eigenvalue weighted by Gasteiger charge is 2.27. The molecule has 0 spiro atoms. The SMILES string of the molecule is CCCC(OC)C(=O)C1CCCOC1. The summed E-state index contributed by atoms with van der Waals surface area (Å²) in [5.41, 5.74) is 0. The van der Waals surface area contributed by atoms with Gasteiger partial charge in [-0.3, -0.25) is 4.79 Å². The molecule has 14 heavy (non-hydrogen) atoms. The number of carbonyl (C=O) groups is 1. The van der Waals surface area contributed by atoms with Gasteiger partial charge in [0.15, 0.2) is 5.78 Å². The average molecular weight is 200 g/mol. The maximum Gasteiger partial charge on any atom is 0.166 e. The third-order valence-electron chi connectivity index (χ3n) is 2.72. The molecule has 0 saturated carbocycles. The predicted octanol–water partition coefficient (Wildman–Crippen LogP) is 1.80. The van der Waals surface area contributed by atoms with E-state index in [1.54, 1.807) is 7.11 Å². The molecule has 2 atom stereocenters. The van der Waals surface area contributed by atoms with Gasteiger partial charge in [-0.1, -0.05) is 13.3 Å². The molecule has 3 heteroatoms. The van der Waals surface area contributed by atoms with Crippen LogP contribution in [0.1, 0.15) is 32.6 Å². The molecule has 3 nitrogen and oxygen atoms in total. The van der Waals surface area contributed by atoms with Gasteiger partial charge >= 0.3 is 0 Å². The van der Waals surface area contributed by atoms with Gasteiger partial charge in [0.1, 0.15) is 6.10 Å². The molecule has 1 aliphatic rings. The minimum absolute atomic E-state index is 0.0697. The van der Waals surface area contributed by atoms with E-state index in [1.165, 1.54) is 0 Å². The Morgan fingerprint density at radius 1 is 1.64 bits per heavy atom. The number of ether oxygens (including phenoxy) is 2. The molecule has 0 aromatic heterocycles. The van der Waals surface area contributed by atoms with Crippen LogP contribution in [0, 0.1) is 5.92 Å². The van der Waals surface area contributed by atoms with E-state index in [0.29, 0.717) is 6.61 Å². The standard InChI is InChI=1S/C11H20O3/c1-3-5-10(13-2)11(12)9-6-4-7-14-8-9/h9-10H,3-8H2,1-2H3. The lowest BCUT2D eigenvalue weighted by Gasteiger charge is -2.24. The lowest BCUT2D eigenvalue weighted by molar-refractivity contribution is -0.137. The van der Waals surface area contributed by atoms with Gasteiger partial charge in [0.2, 0.25) is 0 Å². The molecular weight excluding hydrogens is 180 g/mol. The Labute approximate surface area is 85.8 Å². The second-order valence-electron chi connectivity index (χ2n) is 3.83. The molecule has 0 bridgehead atoms. The molecule has 1 heterocycles. The van der Waals surface area contributed by atoms with Gasteiger partial charge in [-0.05, 0) is 19.3 Å². The van der Waals surface area contributed by atoms with Crippen LogP contribution in [0.15, 0.2) is 0 Å². The smallest absolute Gasteiger partial charge is 0.166 e. The maximum atomic E-state index is 11.9. The molecule has 0 N–H and O–H groups in total. The predicted molar refractivity (Wildman–Crippen MR) is 54.3 cm³/mol. The largest absolute Gasteiger partial charge is 0.381 e. The molecule has 1 aliphatic heterocycles. The van der Waals surface area contributed by atoms with Crippen molar-refractivity contribution in [3.05, 3.63) is 0 Å². The topological polar surface area (TPSA) is 35.5 Å². The summed E-state index contributed by atoms with van der Waals surface area (Å²) in [7, 11) is 1.61. The maximum absolute atomic E-state index is 11.9. The Hall–Kier alpha value is -0.410. The molecule has 82 valence electrons. The second kappa shape index (κ2) is 6.14. The molecule has 0 aliphatic carbocycles. The zero-order valence-electron chi connectivity index (χ0n) is 9.12. The zero-order chi connectivity index (χ0) is 10.4. The third-order valence-corrected chi connectivity index (χ3v) is 2.72. The fraction of sp³-hybridized carbons (Fsp3) is 0.909. The van der Waals surface area contributed by atoms with Crippen LogP contribution in [-0.2, 0) is 14.3 Å². The Bertz CT molecular complexity index is 167. The van der Waals surface area contributed by atoms with E-state index >= 15 is 0 Å². The van der Waals surface area contributed by atoms with Crippen molar-refractivity contribution in [1.29, 1.82) is 0 Å². The third kappa shape index (κ3) is 3.07. The van der Waals surface area contributed by atoms with E-state index < -0.39 is 0 Å². The first kappa shape index (κ1) is 11.7. The van der Waals surface area contributed by atoms with Crippen molar-refractivity contribution < 1.29 is 14.3 Å². The van der Waals surface area contributed by atoms with Crippen molar-refractivity contribution >= 4 is 5.78 Å². The van der Waals surface area contributed by atoms with Gasteiger partial charge < -0.3 is 9.47 Å². The first-order valence-corrected chi connectivity index (χ1v) is 5.43. The summed E-state index contributed by atoms with van der Waals surface area (Å²) in [4.78, 5) is 11.9. The summed E-state index contributed by atoms with van der Waals surface area (Å²) >= 11 is 0. The number of methoxy groups -OCH3 is 1. The fourth-order valence-electron chi connectivity index (χ4n) is 1.87. The van der Waals surface area contributed by atoms with Crippen LogP contribution in [0.5, 0.6) is 0 Å². The average Bonchev–Trinajstić information content (AvgIpc) is 2.26. The molecule has 0 aromatic rings. The Kier molecular flexibility index (Phi) is 5.12. The first-order chi connectivity index (χ1) is 6.79. The molecule has 0 radical (unpaired) electrons. The van der Waals surface area contributed by atoms with Gasteiger partial charge in [0.05, 0.1) is 6.61 Å². The number of rotatable bonds is 5. The molecule has 0 aromatic carbocycles. The number of ketones is 1. The van der Waals surface area contributed by atoms with Gasteiger partial charge in [-0.2, -0.15) is 0 Å². The van der Waals surface area contributed by atoms with Crippen LogP contribution in [0.25, 0.3) is 0 Å². The minimum atomic E-state index is -0.216. The summed E-state index contributed by atoms with van der Waals surface area (Å²) in [5.74, 6) is 0.300. The molecule has 1 saturated heterocycles. The second-order valence-corrected chi connectivity index (χ2v) is 3.83. The summed E-state index contributed by atoms with van der Waals surface area (Å²) in [6.45, 7) is 3.45. The van der Waals surface area contributed by atoms with E-state index in [9.17, 15) is 4.79 Å². The highest BCUT2D eigenvalue weighted by Crippen LogP contribution is 2.18. The van der Waals surface area contributed by atoms with Crippen molar-refractivity contribution in [2.75, 3.05) is 20.3 Å². The van der Waals surface area contributed by atoms with Crippen LogP contribution in [0.3, 0.4) is 0 Å². The molecule has 2 unspecified atom stereocenters. The molecule has 1 fully saturated rings. The van der Waals surface area contributed by atoms with Crippen molar-refractivity contribution in [3.63, 3.8) is 0 Å². The van der Waals surface area contributed by atoms with Gasteiger partial charge in [0.25, 0.3) is 0 Å². The van der Waals surface area contributed by atoms with E-state index in [2.05, 4.69) is 6.92 Å². The van der Waals surface area contributed by atoms with Gasteiger partial charge in [-0.15, -0.1) is 0 Å². The van der Waals surface area contributed by atoms with E-state index in [-0.39, 0.29) is 17.8 Å². The quantitative estimate of drug-likeness (QED) is 0.678.